The summed E-state index contributed by atoms with van der Waals surface area (Å²) < 4.78 is 211. The van der Waals surface area contributed by atoms with E-state index in [4.69, 9.17) is 0 Å². The monoisotopic (exact) mass is 1280 g/mol. The average molecular weight is 1280 g/mol. The lowest BCUT2D eigenvalue weighted by molar-refractivity contribution is 0.0877. The number of amides is 4. The summed E-state index contributed by atoms with van der Waals surface area (Å²) in [5.74, 6) is -5.03. The lowest BCUT2D eigenvalue weighted by Crippen LogP contribution is -2.41. The molecule has 2 aliphatic heterocycles. The van der Waals surface area contributed by atoms with Crippen molar-refractivity contribution in [2.75, 3.05) is 9.80 Å². The van der Waals surface area contributed by atoms with Crippen molar-refractivity contribution >= 4 is 192 Å². The molecule has 0 bridgehead atoms. The zero-order chi connectivity index (χ0) is 55.4. The summed E-state index contributed by atoms with van der Waals surface area (Å²) >= 11 is 6.98. The molecule has 24 nitrogen and oxygen atoms in total. The van der Waals surface area contributed by atoms with E-state index in [1.165, 1.54) is 36.4 Å². The van der Waals surface area contributed by atoms with Crippen molar-refractivity contribution in [3.8, 4) is 0 Å². The summed E-state index contributed by atoms with van der Waals surface area (Å²) in [6.45, 7) is 0. The second-order valence-electron chi connectivity index (χ2n) is 17.1. The van der Waals surface area contributed by atoms with Crippen LogP contribution in [0.3, 0.4) is 0 Å². The normalized spacial score (nSPS) is 15.0. The molecule has 0 aromatic heterocycles. The van der Waals surface area contributed by atoms with Crippen LogP contribution in [0.4, 0.5) is 11.4 Å². The summed E-state index contributed by atoms with van der Waals surface area (Å²) in [7, 11) is -32.3. The van der Waals surface area contributed by atoms with Gasteiger partial charge in [-0.3, -0.25) is 46.5 Å². The van der Waals surface area contributed by atoms with E-state index in [1.54, 1.807) is 0 Å². The van der Waals surface area contributed by atoms with E-state index in [1.807, 2.05) is 0 Å². The molecule has 0 aliphatic carbocycles. The third kappa shape index (κ3) is 7.50. The van der Waals surface area contributed by atoms with Gasteiger partial charge in [-0.1, -0.05) is 44.0 Å². The van der Waals surface area contributed by atoms with Crippen molar-refractivity contribution in [3.05, 3.63) is 116 Å². The first kappa shape index (κ1) is 51.6. The Kier molecular flexibility index (Phi) is 10.9. The lowest BCUT2D eigenvalue weighted by Gasteiger charge is -2.31. The van der Waals surface area contributed by atoms with Gasteiger partial charge in [0.15, 0.2) is 0 Å². The Morgan fingerprint density at radius 1 is 0.316 bits per heavy atom. The predicted octanol–water partition coefficient (Wildman–Crippen LogP) is 6.65. The van der Waals surface area contributed by atoms with E-state index in [-0.39, 0.29) is 74.3 Å². The number of hydrogen-bond acceptors (Lipinski definition) is 16. The Bertz CT molecular complexity index is 4840. The molecule has 0 saturated carbocycles. The topological polar surface area (TPSA) is 401 Å². The van der Waals surface area contributed by atoms with Gasteiger partial charge in [-0.05, 0) is 94.3 Å². The van der Waals surface area contributed by atoms with E-state index >= 15 is 0 Å². The molecule has 11 rings (SSSR count). The molecule has 388 valence electrons. The Morgan fingerprint density at radius 2 is 0.632 bits per heavy atom. The van der Waals surface area contributed by atoms with E-state index in [0.717, 1.165) is 0 Å². The van der Waals surface area contributed by atoms with Crippen LogP contribution in [0.15, 0.2) is 123 Å². The van der Waals surface area contributed by atoms with Crippen LogP contribution in [0.5, 0.6) is 0 Å². The molecule has 9 aromatic carbocycles. The maximum atomic E-state index is 14.8. The van der Waals surface area contributed by atoms with Crippen molar-refractivity contribution in [1.29, 1.82) is 0 Å². The zero-order valence-corrected chi connectivity index (χ0v) is 44.5. The van der Waals surface area contributed by atoms with Crippen molar-refractivity contribution in [1.82, 2.24) is 0 Å². The molecule has 0 radical (unpaired) electrons. The van der Waals surface area contributed by atoms with Crippen LogP contribution < -0.4 is 9.80 Å². The fourth-order valence-corrected chi connectivity index (χ4v) is 15.3. The highest BCUT2D eigenvalue weighted by Crippen LogP contribution is 2.52. The van der Waals surface area contributed by atoms with Crippen LogP contribution >= 0.6 is 31.9 Å². The lowest BCUT2D eigenvalue weighted by atomic mass is 9.82. The van der Waals surface area contributed by atoms with E-state index in [9.17, 15) is 97.0 Å². The second kappa shape index (κ2) is 16.0. The quantitative estimate of drug-likeness (QED) is 0.0401. The van der Waals surface area contributed by atoms with Gasteiger partial charge in [-0.15, -0.1) is 0 Å². The Labute approximate surface area is 441 Å². The number of halogens is 2. The standard InChI is InChI=1S/C44H20Br2N2O22S6/c45-27-11-26-36-22(42(50)48(44(26)52)30-14-24-16(8-34(30)76(68,69)70)6-18(72(56,57)58)10-32(24)74(62,63)64)4-2-20-38-28(46)12-25-35-21(3-1-19(39(35)38)37(27)40(20)36)41(49)47(43(25)51)29-13-23-15(7-33(29)75(65,66)67)5-17(71(53,54)55)9-31(23)73(59,60)61/h1-14H,(H,53,54,55)(H,56,57,58)(H,59,60,61)(H,62,63,64)(H,65,66,67)(H,68,69,70). The van der Waals surface area contributed by atoms with Gasteiger partial charge in [0.2, 0.25) is 0 Å². The molecule has 2 heterocycles. The summed E-state index contributed by atoms with van der Waals surface area (Å²) in [4.78, 5) is 52.6. The minimum Gasteiger partial charge on any atom is -0.282 e. The second-order valence-corrected chi connectivity index (χ2v) is 27.2. The van der Waals surface area contributed by atoms with Gasteiger partial charge in [0.25, 0.3) is 84.3 Å². The smallest absolute Gasteiger partial charge is 0.282 e. The molecule has 32 heteroatoms. The molecule has 76 heavy (non-hydrogen) atoms. The maximum absolute atomic E-state index is 14.8. The molecular weight excluding hydrogens is 1260 g/mol. The molecule has 0 unspecified atom stereocenters. The molecule has 9 aromatic rings. The van der Waals surface area contributed by atoms with Crippen molar-refractivity contribution in [2.24, 2.45) is 0 Å². The highest BCUT2D eigenvalue weighted by molar-refractivity contribution is 9.11. The minimum atomic E-state index is -5.52. The number of rotatable bonds is 8. The molecule has 0 atom stereocenters. The predicted molar refractivity (Wildman–Crippen MR) is 272 cm³/mol. The Morgan fingerprint density at radius 3 is 0.934 bits per heavy atom. The summed E-state index contributed by atoms with van der Waals surface area (Å²) in [6.07, 6.45) is 0. The van der Waals surface area contributed by atoms with Crippen LogP contribution in [-0.4, -0.2) is 101 Å². The largest absolute Gasteiger partial charge is 0.296 e. The van der Waals surface area contributed by atoms with Crippen LogP contribution in [0, 0.1) is 0 Å². The zero-order valence-electron chi connectivity index (χ0n) is 36.4. The van der Waals surface area contributed by atoms with E-state index < -0.39 is 147 Å². The number of nitrogens with zero attached hydrogens (tertiary/aromatic N) is 2. The van der Waals surface area contributed by atoms with Crippen LogP contribution in [0.1, 0.15) is 41.4 Å². The summed E-state index contributed by atoms with van der Waals surface area (Å²) in [5, 5.41) is -1.30. The average Bonchev–Trinajstić information content (AvgIpc) is 3.51. The van der Waals surface area contributed by atoms with Crippen molar-refractivity contribution < 1.29 is 97.0 Å². The summed E-state index contributed by atoms with van der Waals surface area (Å²) in [5.41, 5.74) is -3.10. The van der Waals surface area contributed by atoms with E-state index in [0.29, 0.717) is 58.3 Å². The number of hydrogen-bond donors (Lipinski definition) is 6. The van der Waals surface area contributed by atoms with Crippen molar-refractivity contribution in [2.45, 2.75) is 29.4 Å². The third-order valence-electron chi connectivity index (χ3n) is 12.9. The number of carbonyl (C=O) groups excluding carboxylic acids is 4. The maximum Gasteiger partial charge on any atom is 0.296 e. The highest BCUT2D eigenvalue weighted by atomic mass is 79.9. The Hall–Kier alpha value is -6.50. The number of fused-ring (bicyclic) bond motifs is 4. The van der Waals surface area contributed by atoms with Crippen LogP contribution in [-0.2, 0) is 60.7 Å². The van der Waals surface area contributed by atoms with Gasteiger partial charge in [0.1, 0.15) is 19.6 Å². The van der Waals surface area contributed by atoms with Crippen molar-refractivity contribution in [3.63, 3.8) is 0 Å². The fourth-order valence-electron chi connectivity index (χ4n) is 9.93. The molecule has 0 saturated heterocycles. The first-order valence-corrected chi connectivity index (χ1v) is 30.7. The minimum absolute atomic E-state index is 0.0427. The fraction of sp³-hybridized carbons (Fsp3) is 0. The number of carbonyl (C=O) groups is 4. The molecular formula is C44H20Br2N2O22S6. The molecule has 0 spiro atoms. The third-order valence-corrected chi connectivity index (χ3v) is 19.3. The van der Waals surface area contributed by atoms with Crippen LogP contribution in [0.2, 0.25) is 0 Å². The number of imide groups is 2. The first-order chi connectivity index (χ1) is 35.0. The van der Waals surface area contributed by atoms with Gasteiger partial charge < -0.3 is 0 Å². The number of anilines is 2. The SMILES string of the molecule is O=C1c2ccc3c4c(Br)cc5c6c(ccc(c7c(Br)cc(c2c37)C(=O)N1c1cc2c(S(=O)(=O)O)cc(S(=O)(=O)O)cc2cc1S(=O)(=O)O)c64)C(=O)N(c1cc2c(S(=O)(=O)O)cc(S(=O)(=O)O)cc2cc1S(=O)(=O)O)C5=O. The summed E-state index contributed by atoms with van der Waals surface area (Å²) in [6, 6.07) is 11.8. The van der Waals surface area contributed by atoms with E-state index in [2.05, 4.69) is 31.9 Å². The van der Waals surface area contributed by atoms with Gasteiger partial charge in [-0.25, -0.2) is 9.80 Å². The Balaban J connectivity index is 1.14. The molecule has 0 fully saturated rings. The highest BCUT2D eigenvalue weighted by Gasteiger charge is 2.42. The number of benzene rings is 9. The van der Waals surface area contributed by atoms with Gasteiger partial charge in [0, 0.05) is 63.2 Å². The molecule has 6 N–H and O–H groups in total. The first-order valence-electron chi connectivity index (χ1n) is 20.5. The molecule has 2 aliphatic rings. The molecule has 4 amide bonds. The van der Waals surface area contributed by atoms with Gasteiger partial charge in [0.05, 0.1) is 32.3 Å². The van der Waals surface area contributed by atoms with Gasteiger partial charge >= 0.3 is 0 Å². The van der Waals surface area contributed by atoms with Gasteiger partial charge in [-0.2, -0.15) is 50.5 Å². The van der Waals surface area contributed by atoms with Crippen LogP contribution in [0.25, 0.3) is 64.6 Å².